The molecule has 2 heteroatoms. The van der Waals surface area contributed by atoms with Gasteiger partial charge < -0.3 is 4.57 Å². The molecule has 0 aliphatic heterocycles. The van der Waals surface area contributed by atoms with Gasteiger partial charge in [-0.05, 0) is 18.3 Å². The van der Waals surface area contributed by atoms with Crippen molar-refractivity contribution in [2.45, 2.75) is 53.0 Å². The number of hydrogen-bond donors (Lipinski definition) is 0. The predicted octanol–water partition coefficient (Wildman–Crippen LogP) is 5.40. The van der Waals surface area contributed by atoms with Crippen LogP contribution in [0.5, 0.6) is 0 Å². The monoisotopic (exact) mass is 284 g/mol. The van der Waals surface area contributed by atoms with Crippen LogP contribution >= 0.6 is 0 Å². The van der Waals surface area contributed by atoms with Gasteiger partial charge in [-0.25, -0.2) is 4.98 Å². The smallest absolute Gasteiger partial charge is 0.0953 e. The summed E-state index contributed by atoms with van der Waals surface area (Å²) in [6, 6.07) is 10.4. The molecule has 0 saturated heterocycles. The molecule has 1 unspecified atom stereocenters. The third kappa shape index (κ3) is 5.37. The van der Waals surface area contributed by atoms with Crippen LogP contribution in [-0.2, 0) is 6.54 Å². The second-order valence-electron chi connectivity index (χ2n) is 6.58. The van der Waals surface area contributed by atoms with E-state index < -0.39 is 0 Å². The minimum atomic E-state index is 0.798. The first-order valence-electron chi connectivity index (χ1n) is 8.22. The van der Waals surface area contributed by atoms with Gasteiger partial charge in [-0.3, -0.25) is 0 Å². The maximum atomic E-state index is 4.51. The number of imidazole rings is 1. The first kappa shape index (κ1) is 15.8. The summed E-state index contributed by atoms with van der Waals surface area (Å²) < 4.78 is 2.22. The molecule has 0 aliphatic rings. The molecular formula is C19H28N2. The molecule has 1 atom stereocenters. The van der Waals surface area contributed by atoms with Crippen molar-refractivity contribution in [2.24, 2.45) is 11.8 Å². The molecule has 2 aromatic rings. The van der Waals surface area contributed by atoms with Crippen LogP contribution in [0.2, 0.25) is 0 Å². The standard InChI is InChI=1S/C19H28N2/c1-16(2)8-7-9-17(3)12-13-21-14-19(20-15-21)18-10-5-4-6-11-18/h4-6,10-11,14-17H,7-9,12-13H2,1-3H3. The first-order chi connectivity index (χ1) is 10.1. The van der Waals surface area contributed by atoms with Gasteiger partial charge in [0.1, 0.15) is 0 Å². The molecule has 0 bridgehead atoms. The van der Waals surface area contributed by atoms with Crippen LogP contribution in [0.1, 0.15) is 46.5 Å². The molecule has 1 aromatic carbocycles. The van der Waals surface area contributed by atoms with E-state index >= 15 is 0 Å². The lowest BCUT2D eigenvalue weighted by atomic mass is 9.97. The molecular weight excluding hydrogens is 256 g/mol. The number of nitrogens with zero attached hydrogens (tertiary/aromatic N) is 2. The highest BCUT2D eigenvalue weighted by Gasteiger charge is 2.05. The Kier molecular flexibility index (Phi) is 6.04. The highest BCUT2D eigenvalue weighted by Crippen LogP contribution is 2.18. The van der Waals surface area contributed by atoms with Gasteiger partial charge in [-0.2, -0.15) is 0 Å². The lowest BCUT2D eigenvalue weighted by Crippen LogP contribution is -2.02. The van der Waals surface area contributed by atoms with E-state index in [4.69, 9.17) is 0 Å². The molecule has 0 fully saturated rings. The Bertz CT molecular complexity index is 513. The van der Waals surface area contributed by atoms with E-state index in [-0.39, 0.29) is 0 Å². The van der Waals surface area contributed by atoms with Crippen LogP contribution < -0.4 is 0 Å². The molecule has 0 saturated carbocycles. The Morgan fingerprint density at radius 2 is 1.76 bits per heavy atom. The van der Waals surface area contributed by atoms with Crippen LogP contribution in [0.25, 0.3) is 11.3 Å². The highest BCUT2D eigenvalue weighted by atomic mass is 15.0. The van der Waals surface area contributed by atoms with Crippen molar-refractivity contribution in [1.29, 1.82) is 0 Å². The van der Waals surface area contributed by atoms with Crippen molar-refractivity contribution < 1.29 is 0 Å². The summed E-state index contributed by atoms with van der Waals surface area (Å²) in [5, 5.41) is 0. The van der Waals surface area contributed by atoms with Crippen molar-refractivity contribution >= 4 is 0 Å². The molecule has 0 aliphatic carbocycles. The average molecular weight is 284 g/mol. The number of benzene rings is 1. The molecule has 0 spiro atoms. The minimum Gasteiger partial charge on any atom is -0.337 e. The second-order valence-corrected chi connectivity index (χ2v) is 6.58. The van der Waals surface area contributed by atoms with Gasteiger partial charge in [0.2, 0.25) is 0 Å². The Morgan fingerprint density at radius 3 is 2.48 bits per heavy atom. The summed E-state index contributed by atoms with van der Waals surface area (Å²) in [6.07, 6.45) is 9.42. The number of rotatable bonds is 8. The van der Waals surface area contributed by atoms with Gasteiger partial charge in [0.05, 0.1) is 12.0 Å². The summed E-state index contributed by atoms with van der Waals surface area (Å²) in [5.74, 6) is 1.63. The number of aryl methyl sites for hydroxylation is 1. The van der Waals surface area contributed by atoms with E-state index in [1.165, 1.54) is 31.2 Å². The highest BCUT2D eigenvalue weighted by molar-refractivity contribution is 5.57. The lowest BCUT2D eigenvalue weighted by Gasteiger charge is -2.12. The third-order valence-electron chi connectivity index (χ3n) is 4.06. The zero-order valence-corrected chi connectivity index (χ0v) is 13.6. The lowest BCUT2D eigenvalue weighted by molar-refractivity contribution is 0.414. The van der Waals surface area contributed by atoms with Crippen LogP contribution in [0, 0.1) is 11.8 Å². The van der Waals surface area contributed by atoms with Crippen molar-refractivity contribution in [2.75, 3.05) is 0 Å². The normalized spacial score (nSPS) is 12.8. The quantitative estimate of drug-likeness (QED) is 0.634. The molecule has 1 aromatic heterocycles. The zero-order chi connectivity index (χ0) is 15.1. The summed E-state index contributed by atoms with van der Waals surface area (Å²) in [6.45, 7) is 8.06. The van der Waals surface area contributed by atoms with E-state index in [0.29, 0.717) is 0 Å². The van der Waals surface area contributed by atoms with E-state index in [1.807, 2.05) is 12.4 Å². The van der Waals surface area contributed by atoms with E-state index in [1.54, 1.807) is 0 Å². The average Bonchev–Trinajstić information content (AvgIpc) is 2.94. The van der Waals surface area contributed by atoms with Gasteiger partial charge in [0.15, 0.2) is 0 Å². The number of aromatic nitrogens is 2. The van der Waals surface area contributed by atoms with Crippen molar-refractivity contribution in [1.82, 2.24) is 9.55 Å². The second kappa shape index (κ2) is 8.02. The SMILES string of the molecule is CC(C)CCCC(C)CCn1cnc(-c2ccccc2)c1. The fraction of sp³-hybridized carbons (Fsp3) is 0.526. The van der Waals surface area contributed by atoms with Gasteiger partial charge >= 0.3 is 0 Å². The van der Waals surface area contributed by atoms with Crippen LogP contribution in [-0.4, -0.2) is 9.55 Å². The molecule has 2 nitrogen and oxygen atoms in total. The van der Waals surface area contributed by atoms with Crippen molar-refractivity contribution in [3.05, 3.63) is 42.9 Å². The Hall–Kier alpha value is -1.57. The molecule has 1 heterocycles. The fourth-order valence-corrected chi connectivity index (χ4v) is 2.63. The molecule has 21 heavy (non-hydrogen) atoms. The minimum absolute atomic E-state index is 0.798. The molecule has 2 rings (SSSR count). The summed E-state index contributed by atoms with van der Waals surface area (Å²) in [4.78, 5) is 4.51. The van der Waals surface area contributed by atoms with E-state index in [2.05, 4.69) is 60.8 Å². The summed E-state index contributed by atoms with van der Waals surface area (Å²) in [7, 11) is 0. The largest absolute Gasteiger partial charge is 0.337 e. The molecule has 0 N–H and O–H groups in total. The van der Waals surface area contributed by atoms with Crippen LogP contribution in [0.3, 0.4) is 0 Å². The summed E-state index contributed by atoms with van der Waals surface area (Å²) >= 11 is 0. The van der Waals surface area contributed by atoms with E-state index in [0.717, 1.165) is 24.1 Å². The van der Waals surface area contributed by atoms with Gasteiger partial charge in [-0.15, -0.1) is 0 Å². The fourth-order valence-electron chi connectivity index (χ4n) is 2.63. The topological polar surface area (TPSA) is 17.8 Å². The van der Waals surface area contributed by atoms with Crippen LogP contribution in [0.4, 0.5) is 0 Å². The van der Waals surface area contributed by atoms with Gasteiger partial charge in [0, 0.05) is 18.3 Å². The first-order valence-corrected chi connectivity index (χ1v) is 8.22. The summed E-state index contributed by atoms with van der Waals surface area (Å²) in [5.41, 5.74) is 2.27. The Labute approximate surface area is 129 Å². The molecule has 114 valence electrons. The Balaban J connectivity index is 1.78. The maximum Gasteiger partial charge on any atom is 0.0953 e. The van der Waals surface area contributed by atoms with Crippen LogP contribution in [0.15, 0.2) is 42.9 Å². The zero-order valence-electron chi connectivity index (χ0n) is 13.6. The van der Waals surface area contributed by atoms with Gasteiger partial charge in [0.25, 0.3) is 0 Å². The molecule has 0 amide bonds. The molecule has 0 radical (unpaired) electrons. The maximum absolute atomic E-state index is 4.51. The predicted molar refractivity (Wildman–Crippen MR) is 90.1 cm³/mol. The van der Waals surface area contributed by atoms with Crippen molar-refractivity contribution in [3.8, 4) is 11.3 Å². The third-order valence-corrected chi connectivity index (χ3v) is 4.06. The Morgan fingerprint density at radius 1 is 1.00 bits per heavy atom. The van der Waals surface area contributed by atoms with Gasteiger partial charge in [-0.1, -0.05) is 70.4 Å². The number of hydrogen-bond acceptors (Lipinski definition) is 1. The van der Waals surface area contributed by atoms with Crippen molar-refractivity contribution in [3.63, 3.8) is 0 Å². The van der Waals surface area contributed by atoms with E-state index in [9.17, 15) is 0 Å².